The molecule has 152 valence electrons. The summed E-state index contributed by atoms with van der Waals surface area (Å²) in [4.78, 5) is 20.3. The molecule has 0 saturated heterocycles. The van der Waals surface area contributed by atoms with Crippen molar-refractivity contribution in [2.45, 2.75) is 38.8 Å². The Hall–Kier alpha value is -3.27. The van der Waals surface area contributed by atoms with Gasteiger partial charge < -0.3 is 4.90 Å². The number of aromatic nitrogens is 1. The van der Waals surface area contributed by atoms with Gasteiger partial charge in [0.15, 0.2) is 0 Å². The highest BCUT2D eigenvalue weighted by atomic mass is 19.1. The lowest BCUT2D eigenvalue weighted by Crippen LogP contribution is -2.43. The molecule has 0 spiro atoms. The number of nitrogens with zero attached hydrogens (tertiary/aromatic N) is 2. The first kappa shape index (κ1) is 20.0. The molecule has 4 rings (SSSR count). The number of halogens is 1. The lowest BCUT2D eigenvalue weighted by molar-refractivity contribution is 0.0524. The van der Waals surface area contributed by atoms with Crippen molar-refractivity contribution >= 4 is 16.8 Å². The molecule has 0 N–H and O–H groups in total. The van der Waals surface area contributed by atoms with E-state index in [1.54, 1.807) is 18.3 Å². The molecule has 3 aromatic rings. The van der Waals surface area contributed by atoms with Gasteiger partial charge in [0.25, 0.3) is 5.91 Å². The molecule has 1 amide bonds. The lowest BCUT2D eigenvalue weighted by atomic mass is 9.78. The van der Waals surface area contributed by atoms with Gasteiger partial charge in [0, 0.05) is 18.1 Å². The Morgan fingerprint density at radius 1 is 1.07 bits per heavy atom. The molecule has 0 unspecified atom stereocenters. The van der Waals surface area contributed by atoms with E-state index in [1.165, 1.54) is 12.1 Å². The summed E-state index contributed by atoms with van der Waals surface area (Å²) in [5.41, 5.74) is 4.89. The summed E-state index contributed by atoms with van der Waals surface area (Å²) < 4.78 is 13.4. The molecule has 1 aliphatic heterocycles. The average molecular weight is 400 g/mol. The average Bonchev–Trinajstić information content (AvgIpc) is 2.97. The molecule has 0 aliphatic carbocycles. The van der Waals surface area contributed by atoms with E-state index in [-0.39, 0.29) is 11.7 Å². The highest BCUT2D eigenvalue weighted by molar-refractivity contribution is 6.07. The smallest absolute Gasteiger partial charge is 0.255 e. The van der Waals surface area contributed by atoms with Gasteiger partial charge in [-0.2, -0.15) is 0 Å². The van der Waals surface area contributed by atoms with Crippen LogP contribution in [0.25, 0.3) is 10.9 Å². The number of carbonyl (C=O) groups is 1. The molecule has 1 aliphatic rings. The van der Waals surface area contributed by atoms with E-state index in [0.29, 0.717) is 19.4 Å². The summed E-state index contributed by atoms with van der Waals surface area (Å²) >= 11 is 0. The van der Waals surface area contributed by atoms with Crippen molar-refractivity contribution < 1.29 is 9.18 Å². The van der Waals surface area contributed by atoms with Gasteiger partial charge in [0.2, 0.25) is 0 Å². The van der Waals surface area contributed by atoms with Gasteiger partial charge in [0.1, 0.15) is 5.82 Å². The minimum atomic E-state index is -0.580. The number of fused-ring (bicyclic) bond motifs is 2. The van der Waals surface area contributed by atoms with Crippen LogP contribution in [0.4, 0.5) is 4.39 Å². The third kappa shape index (κ3) is 2.86. The van der Waals surface area contributed by atoms with Crippen LogP contribution in [0.5, 0.6) is 0 Å². The predicted octanol–water partition coefficient (Wildman–Crippen LogP) is 5.99. The molecule has 1 aromatic heterocycles. The molecule has 0 bridgehead atoms. The Kier molecular flexibility index (Phi) is 5.02. The van der Waals surface area contributed by atoms with E-state index < -0.39 is 5.54 Å². The molecule has 3 nitrogen and oxygen atoms in total. The van der Waals surface area contributed by atoms with Crippen LogP contribution in [-0.4, -0.2) is 15.8 Å². The Morgan fingerprint density at radius 3 is 2.37 bits per heavy atom. The van der Waals surface area contributed by atoms with Crippen molar-refractivity contribution in [2.75, 3.05) is 0 Å². The summed E-state index contributed by atoms with van der Waals surface area (Å²) in [6.45, 7) is 12.4. The SMILES string of the molecule is C=CCC1(CC=C)c2c(c(C)c3ncccc3c2C)C(=O)N1Cc1ccc(F)cc1. The molecule has 0 fully saturated rings. The van der Waals surface area contributed by atoms with E-state index in [9.17, 15) is 9.18 Å². The Morgan fingerprint density at radius 2 is 1.73 bits per heavy atom. The molecule has 30 heavy (non-hydrogen) atoms. The second-order valence-electron chi connectivity index (χ2n) is 7.93. The van der Waals surface area contributed by atoms with E-state index in [0.717, 1.165) is 38.7 Å². The van der Waals surface area contributed by atoms with Crippen LogP contribution in [0.1, 0.15) is 45.5 Å². The van der Waals surface area contributed by atoms with Gasteiger partial charge in [0.05, 0.1) is 16.6 Å². The van der Waals surface area contributed by atoms with Crippen LogP contribution in [-0.2, 0) is 12.1 Å². The van der Waals surface area contributed by atoms with E-state index in [1.807, 2.05) is 30.0 Å². The van der Waals surface area contributed by atoms with Crippen LogP contribution in [0.15, 0.2) is 67.9 Å². The zero-order valence-corrected chi connectivity index (χ0v) is 17.4. The van der Waals surface area contributed by atoms with E-state index in [4.69, 9.17) is 0 Å². The van der Waals surface area contributed by atoms with Crippen LogP contribution in [0, 0.1) is 19.7 Å². The van der Waals surface area contributed by atoms with Crippen LogP contribution >= 0.6 is 0 Å². The lowest BCUT2D eigenvalue weighted by Gasteiger charge is -2.39. The Bertz CT molecular complexity index is 1150. The number of hydrogen-bond donors (Lipinski definition) is 0. The Balaban J connectivity index is 2.00. The minimum Gasteiger partial charge on any atom is -0.324 e. The largest absolute Gasteiger partial charge is 0.324 e. The van der Waals surface area contributed by atoms with Gasteiger partial charge in [-0.15, -0.1) is 13.2 Å². The molecular formula is C26H25FN2O. The number of benzene rings is 2. The number of rotatable bonds is 6. The van der Waals surface area contributed by atoms with E-state index in [2.05, 4.69) is 31.1 Å². The summed E-state index contributed by atoms with van der Waals surface area (Å²) in [7, 11) is 0. The molecule has 0 atom stereocenters. The monoisotopic (exact) mass is 400 g/mol. The van der Waals surface area contributed by atoms with Crippen molar-refractivity contribution in [1.82, 2.24) is 9.88 Å². The predicted molar refractivity (Wildman–Crippen MR) is 119 cm³/mol. The normalized spacial score (nSPS) is 14.8. The fourth-order valence-corrected chi connectivity index (χ4v) is 4.93. The zero-order valence-electron chi connectivity index (χ0n) is 17.4. The highest BCUT2D eigenvalue weighted by Crippen LogP contribution is 2.50. The molecule has 0 saturated carbocycles. The first-order valence-corrected chi connectivity index (χ1v) is 10.1. The fraction of sp³-hybridized carbons (Fsp3) is 0.231. The van der Waals surface area contributed by atoms with Crippen molar-refractivity contribution in [3.05, 3.63) is 102 Å². The van der Waals surface area contributed by atoms with Gasteiger partial charge in [-0.3, -0.25) is 9.78 Å². The van der Waals surface area contributed by atoms with Gasteiger partial charge in [-0.05, 0) is 67.1 Å². The van der Waals surface area contributed by atoms with Gasteiger partial charge >= 0.3 is 0 Å². The van der Waals surface area contributed by atoms with E-state index >= 15 is 0 Å². The first-order chi connectivity index (χ1) is 14.4. The highest BCUT2D eigenvalue weighted by Gasteiger charge is 2.50. The summed E-state index contributed by atoms with van der Waals surface area (Å²) in [5, 5.41) is 1.06. The number of carbonyl (C=O) groups excluding carboxylic acids is 1. The standard InChI is InChI=1S/C26H25FN2O/c1-5-13-26(14-6-2)23-17(3)21-8-7-15-28-24(21)18(4)22(23)25(30)29(26)16-19-9-11-20(27)12-10-19/h5-12,15H,1-2,13-14,16H2,3-4H3. The number of amides is 1. The second kappa shape index (κ2) is 7.52. The Labute approximate surface area is 176 Å². The second-order valence-corrected chi connectivity index (χ2v) is 7.93. The van der Waals surface area contributed by atoms with Crippen molar-refractivity contribution in [1.29, 1.82) is 0 Å². The maximum Gasteiger partial charge on any atom is 0.255 e. The van der Waals surface area contributed by atoms with Crippen molar-refractivity contribution in [3.63, 3.8) is 0 Å². The number of pyridine rings is 1. The summed E-state index contributed by atoms with van der Waals surface area (Å²) in [5.74, 6) is -0.312. The quantitative estimate of drug-likeness (QED) is 0.476. The minimum absolute atomic E-state index is 0.0221. The van der Waals surface area contributed by atoms with Crippen molar-refractivity contribution in [3.8, 4) is 0 Å². The van der Waals surface area contributed by atoms with Crippen LogP contribution in [0.3, 0.4) is 0 Å². The van der Waals surface area contributed by atoms with Crippen LogP contribution in [0.2, 0.25) is 0 Å². The third-order valence-corrected chi connectivity index (χ3v) is 6.23. The maximum atomic E-state index is 13.8. The van der Waals surface area contributed by atoms with Crippen molar-refractivity contribution in [2.24, 2.45) is 0 Å². The number of hydrogen-bond acceptors (Lipinski definition) is 2. The molecular weight excluding hydrogens is 375 g/mol. The summed E-state index contributed by atoms with van der Waals surface area (Å²) in [6.07, 6.45) is 6.70. The summed E-state index contributed by atoms with van der Waals surface area (Å²) in [6, 6.07) is 10.3. The maximum absolute atomic E-state index is 13.8. The molecule has 0 radical (unpaired) electrons. The number of aryl methyl sites for hydroxylation is 2. The van der Waals surface area contributed by atoms with Gasteiger partial charge in [-0.1, -0.05) is 30.4 Å². The molecule has 2 aromatic carbocycles. The molecule has 4 heteroatoms. The first-order valence-electron chi connectivity index (χ1n) is 10.1. The zero-order chi connectivity index (χ0) is 21.5. The van der Waals surface area contributed by atoms with Crippen LogP contribution < -0.4 is 0 Å². The fourth-order valence-electron chi connectivity index (χ4n) is 4.93. The molecule has 2 heterocycles. The van der Waals surface area contributed by atoms with Gasteiger partial charge in [-0.25, -0.2) is 4.39 Å². The third-order valence-electron chi connectivity index (χ3n) is 6.23. The topological polar surface area (TPSA) is 33.2 Å².